The molecule has 1 heterocycles. The Balaban J connectivity index is 1.51. The molecule has 0 aliphatic heterocycles. The second-order valence-electron chi connectivity index (χ2n) is 5.22. The van der Waals surface area contributed by atoms with E-state index in [9.17, 15) is 5.26 Å². The number of nitrogens with one attached hydrogen (secondary N) is 1. The van der Waals surface area contributed by atoms with Gasteiger partial charge in [-0.1, -0.05) is 35.5 Å². The first-order chi connectivity index (χ1) is 9.82. The Labute approximate surface area is 117 Å². The highest BCUT2D eigenvalue weighted by molar-refractivity contribution is 5.36. The molecule has 20 heavy (non-hydrogen) atoms. The molecule has 1 fully saturated rings. The summed E-state index contributed by atoms with van der Waals surface area (Å²) in [6.07, 6.45) is 3.81. The van der Waals surface area contributed by atoms with Crippen LogP contribution in [0, 0.1) is 11.3 Å². The Morgan fingerprint density at radius 1 is 1.35 bits per heavy atom. The maximum absolute atomic E-state index is 9.47. The van der Waals surface area contributed by atoms with Crippen molar-refractivity contribution < 1.29 is 4.52 Å². The van der Waals surface area contributed by atoms with Crippen LogP contribution in [-0.2, 0) is 11.8 Å². The van der Waals surface area contributed by atoms with Gasteiger partial charge in [0, 0.05) is 19.0 Å². The third kappa shape index (κ3) is 2.43. The van der Waals surface area contributed by atoms with Crippen LogP contribution in [0.15, 0.2) is 41.2 Å². The molecule has 5 nitrogen and oxygen atoms in total. The molecule has 2 aromatic rings. The first kappa shape index (κ1) is 12.8. The molecule has 102 valence electrons. The first-order valence-corrected chi connectivity index (χ1v) is 6.78. The normalized spacial score (nSPS) is 24.9. The second-order valence-corrected chi connectivity index (χ2v) is 5.22. The number of nitrogens with zero attached hydrogens (tertiary/aromatic N) is 3. The van der Waals surface area contributed by atoms with Crippen LogP contribution in [0.25, 0.3) is 0 Å². The Hall–Kier alpha value is -2.19. The summed E-state index contributed by atoms with van der Waals surface area (Å²) < 4.78 is 4.69. The molecule has 0 amide bonds. The molecule has 1 aromatic carbocycles. The first-order valence-electron chi connectivity index (χ1n) is 6.78. The van der Waals surface area contributed by atoms with E-state index in [-0.39, 0.29) is 5.41 Å². The summed E-state index contributed by atoms with van der Waals surface area (Å²) in [6, 6.07) is 12.9. The lowest BCUT2D eigenvalue weighted by Crippen LogP contribution is -2.51. The molecule has 1 aliphatic carbocycles. The lowest BCUT2D eigenvalue weighted by atomic mass is 9.62. The largest absolute Gasteiger partial charge is 0.343 e. The topological polar surface area (TPSA) is 74.7 Å². The maximum atomic E-state index is 9.47. The van der Waals surface area contributed by atoms with Crippen molar-refractivity contribution in [2.75, 3.05) is 6.54 Å². The number of aromatic nitrogens is 2. The van der Waals surface area contributed by atoms with E-state index >= 15 is 0 Å². The van der Waals surface area contributed by atoms with E-state index in [0.717, 1.165) is 31.4 Å². The van der Waals surface area contributed by atoms with Crippen LogP contribution in [-0.4, -0.2) is 22.7 Å². The van der Waals surface area contributed by atoms with Crippen LogP contribution in [0.3, 0.4) is 0 Å². The second kappa shape index (κ2) is 5.43. The third-order valence-corrected chi connectivity index (χ3v) is 3.92. The molecule has 0 unspecified atom stereocenters. The van der Waals surface area contributed by atoms with Gasteiger partial charge in [0.25, 0.3) is 0 Å². The fourth-order valence-corrected chi connectivity index (χ4v) is 2.77. The van der Waals surface area contributed by atoms with Crippen LogP contribution in [0.4, 0.5) is 0 Å². The number of nitriles is 1. The summed E-state index contributed by atoms with van der Waals surface area (Å²) in [4.78, 5) is 3.98. The average molecular weight is 268 g/mol. The summed E-state index contributed by atoms with van der Waals surface area (Å²) in [5.41, 5.74) is 0.809. The number of benzene rings is 1. The summed E-state index contributed by atoms with van der Waals surface area (Å²) in [6.45, 7) is 0.806. The van der Waals surface area contributed by atoms with E-state index in [2.05, 4.69) is 26.0 Å². The van der Waals surface area contributed by atoms with Crippen LogP contribution in [0.2, 0.25) is 0 Å². The third-order valence-electron chi connectivity index (χ3n) is 3.92. The van der Waals surface area contributed by atoms with Crippen molar-refractivity contribution in [1.29, 1.82) is 5.26 Å². The SMILES string of the molecule is N#CC1(c2ccccc2)CC(NCCc2ncon2)C1. The standard InChI is InChI=1S/C15H16N4O/c16-10-15(12-4-2-1-3-5-12)8-13(9-15)17-7-6-14-18-11-20-19-14/h1-5,11,13,17H,6-9H2. The summed E-state index contributed by atoms with van der Waals surface area (Å²) in [5.74, 6) is 0.714. The van der Waals surface area contributed by atoms with Crippen molar-refractivity contribution in [3.63, 3.8) is 0 Å². The lowest BCUT2D eigenvalue weighted by molar-refractivity contribution is 0.227. The minimum atomic E-state index is -0.314. The lowest BCUT2D eigenvalue weighted by Gasteiger charge is -2.43. The summed E-state index contributed by atoms with van der Waals surface area (Å²) in [5, 5.41) is 16.7. The van der Waals surface area contributed by atoms with Crippen LogP contribution in [0.1, 0.15) is 24.2 Å². The highest BCUT2D eigenvalue weighted by Crippen LogP contribution is 2.43. The monoisotopic (exact) mass is 268 g/mol. The van der Waals surface area contributed by atoms with E-state index < -0.39 is 0 Å². The summed E-state index contributed by atoms with van der Waals surface area (Å²) in [7, 11) is 0. The van der Waals surface area contributed by atoms with Crippen molar-refractivity contribution in [3.8, 4) is 6.07 Å². The van der Waals surface area contributed by atoms with Crippen LogP contribution in [0.5, 0.6) is 0 Å². The van der Waals surface area contributed by atoms with Gasteiger partial charge in [0.2, 0.25) is 6.39 Å². The van der Waals surface area contributed by atoms with Gasteiger partial charge in [-0.25, -0.2) is 0 Å². The van der Waals surface area contributed by atoms with Crippen LogP contribution >= 0.6 is 0 Å². The van der Waals surface area contributed by atoms with E-state index in [1.807, 2.05) is 30.3 Å². The Morgan fingerprint density at radius 3 is 2.80 bits per heavy atom. The summed E-state index contributed by atoms with van der Waals surface area (Å²) >= 11 is 0. The quantitative estimate of drug-likeness (QED) is 0.895. The van der Waals surface area contributed by atoms with Gasteiger partial charge in [0.05, 0.1) is 11.5 Å². The van der Waals surface area contributed by atoms with E-state index in [1.54, 1.807) is 0 Å². The van der Waals surface area contributed by atoms with Crippen molar-refractivity contribution in [2.45, 2.75) is 30.7 Å². The number of hydrogen-bond donors (Lipinski definition) is 1. The zero-order chi connectivity index (χ0) is 13.8. The number of rotatable bonds is 5. The molecular formula is C15H16N4O. The fraction of sp³-hybridized carbons (Fsp3) is 0.400. The highest BCUT2D eigenvalue weighted by Gasteiger charge is 2.45. The van der Waals surface area contributed by atoms with Gasteiger partial charge in [-0.15, -0.1) is 0 Å². The molecule has 0 bridgehead atoms. The van der Waals surface area contributed by atoms with Gasteiger partial charge in [0.15, 0.2) is 5.82 Å². The van der Waals surface area contributed by atoms with Crippen molar-refractivity contribution in [2.24, 2.45) is 0 Å². The van der Waals surface area contributed by atoms with Gasteiger partial charge < -0.3 is 9.84 Å². The van der Waals surface area contributed by atoms with E-state index in [0.29, 0.717) is 11.9 Å². The molecule has 1 aliphatic rings. The smallest absolute Gasteiger partial charge is 0.213 e. The Morgan fingerprint density at radius 2 is 2.15 bits per heavy atom. The molecule has 5 heteroatoms. The maximum Gasteiger partial charge on any atom is 0.213 e. The minimum Gasteiger partial charge on any atom is -0.343 e. The molecule has 1 aromatic heterocycles. The zero-order valence-electron chi connectivity index (χ0n) is 11.1. The van der Waals surface area contributed by atoms with Gasteiger partial charge in [-0.05, 0) is 18.4 Å². The molecule has 0 saturated heterocycles. The Kier molecular flexibility index (Phi) is 3.48. The molecule has 0 radical (unpaired) electrons. The molecule has 0 atom stereocenters. The highest BCUT2D eigenvalue weighted by atomic mass is 16.5. The predicted molar refractivity (Wildman–Crippen MR) is 72.8 cm³/mol. The Bertz CT molecular complexity index is 582. The van der Waals surface area contributed by atoms with Crippen LogP contribution < -0.4 is 5.32 Å². The van der Waals surface area contributed by atoms with Gasteiger partial charge in [-0.2, -0.15) is 10.2 Å². The average Bonchev–Trinajstić information content (AvgIpc) is 2.96. The number of hydrogen-bond acceptors (Lipinski definition) is 5. The molecule has 3 rings (SSSR count). The van der Waals surface area contributed by atoms with Crippen molar-refractivity contribution in [1.82, 2.24) is 15.5 Å². The molecule has 1 N–H and O–H groups in total. The zero-order valence-corrected chi connectivity index (χ0v) is 11.1. The van der Waals surface area contributed by atoms with Gasteiger partial charge >= 0.3 is 0 Å². The van der Waals surface area contributed by atoms with E-state index in [1.165, 1.54) is 6.39 Å². The molecule has 1 saturated carbocycles. The fourth-order valence-electron chi connectivity index (χ4n) is 2.77. The van der Waals surface area contributed by atoms with Gasteiger partial charge in [-0.3, -0.25) is 0 Å². The van der Waals surface area contributed by atoms with Gasteiger partial charge in [0.1, 0.15) is 0 Å². The predicted octanol–water partition coefficient (Wildman–Crippen LogP) is 1.83. The van der Waals surface area contributed by atoms with Crippen molar-refractivity contribution >= 4 is 0 Å². The minimum absolute atomic E-state index is 0.314. The van der Waals surface area contributed by atoms with E-state index in [4.69, 9.17) is 0 Å². The van der Waals surface area contributed by atoms with Crippen molar-refractivity contribution in [3.05, 3.63) is 48.1 Å². The molecule has 0 spiro atoms. The molecular weight excluding hydrogens is 252 g/mol.